The van der Waals surface area contributed by atoms with E-state index in [-0.39, 0.29) is 11.8 Å². The summed E-state index contributed by atoms with van der Waals surface area (Å²) in [5.74, 6) is 0.000585. The molecule has 1 heterocycles. The highest BCUT2D eigenvalue weighted by molar-refractivity contribution is 6.01. The van der Waals surface area contributed by atoms with Crippen LogP contribution < -0.4 is 19.5 Å². The summed E-state index contributed by atoms with van der Waals surface area (Å²) in [6.07, 6.45) is 0. The number of anilines is 1. The lowest BCUT2D eigenvalue weighted by Crippen LogP contribution is -2.12. The van der Waals surface area contributed by atoms with Crippen molar-refractivity contribution in [3.63, 3.8) is 0 Å². The van der Waals surface area contributed by atoms with Gasteiger partial charge in [-0.2, -0.15) is 0 Å². The smallest absolute Gasteiger partial charge is 0.313 e. The highest BCUT2D eigenvalue weighted by atomic mass is 19.1. The van der Waals surface area contributed by atoms with Gasteiger partial charge in [0.05, 0.1) is 21.3 Å². The molecule has 1 amide bonds. The number of amides is 1. The number of aromatic nitrogens is 2. The van der Waals surface area contributed by atoms with E-state index in [0.717, 1.165) is 0 Å². The lowest BCUT2D eigenvalue weighted by atomic mass is 10.2. The number of rotatable bonds is 6. The maximum atomic E-state index is 13.0. The van der Waals surface area contributed by atoms with Crippen molar-refractivity contribution in [2.24, 2.45) is 0 Å². The number of hydrogen-bond acceptors (Lipinski definition) is 7. The Labute approximate surface area is 153 Å². The number of carbonyl (C=O) groups is 1. The molecule has 0 radical (unpaired) electrons. The Morgan fingerprint density at radius 1 is 1.00 bits per heavy atom. The molecule has 0 atom stereocenters. The van der Waals surface area contributed by atoms with Crippen LogP contribution in [-0.2, 0) is 0 Å². The monoisotopic (exact) mass is 373 g/mol. The van der Waals surface area contributed by atoms with Crippen LogP contribution in [0.2, 0.25) is 0 Å². The summed E-state index contributed by atoms with van der Waals surface area (Å²) in [4.78, 5) is 12.4. The van der Waals surface area contributed by atoms with E-state index in [4.69, 9.17) is 18.6 Å². The van der Waals surface area contributed by atoms with Gasteiger partial charge in [0.25, 0.3) is 0 Å². The van der Waals surface area contributed by atoms with E-state index in [2.05, 4.69) is 15.5 Å². The minimum absolute atomic E-state index is 0.102. The third-order valence-electron chi connectivity index (χ3n) is 3.63. The third-order valence-corrected chi connectivity index (χ3v) is 3.63. The molecular formula is C18H16FN3O5. The first-order valence-corrected chi connectivity index (χ1v) is 7.76. The van der Waals surface area contributed by atoms with E-state index in [9.17, 15) is 9.18 Å². The number of carbonyl (C=O) groups excluding carboxylic acids is 1. The molecule has 0 aliphatic rings. The van der Waals surface area contributed by atoms with Gasteiger partial charge in [-0.15, -0.1) is 10.2 Å². The molecular weight excluding hydrogens is 357 g/mol. The lowest BCUT2D eigenvalue weighted by Gasteiger charge is -2.14. The summed E-state index contributed by atoms with van der Waals surface area (Å²) in [6.45, 7) is 0. The van der Waals surface area contributed by atoms with Gasteiger partial charge in [-0.05, 0) is 24.3 Å². The van der Waals surface area contributed by atoms with Crippen LogP contribution in [-0.4, -0.2) is 37.4 Å². The summed E-state index contributed by atoms with van der Waals surface area (Å²) in [7, 11) is 4.42. The van der Waals surface area contributed by atoms with Crippen molar-refractivity contribution < 1.29 is 27.8 Å². The molecule has 2 aromatic carbocycles. The maximum absolute atomic E-state index is 13.0. The number of nitrogens with zero attached hydrogens (tertiary/aromatic N) is 2. The summed E-state index contributed by atoms with van der Waals surface area (Å²) in [6, 6.07) is 8.60. The normalized spacial score (nSPS) is 10.4. The Morgan fingerprint density at radius 2 is 1.63 bits per heavy atom. The van der Waals surface area contributed by atoms with Gasteiger partial charge in [0.2, 0.25) is 11.6 Å². The Kier molecular flexibility index (Phi) is 5.20. The average Bonchev–Trinajstić information content (AvgIpc) is 3.18. The zero-order valence-corrected chi connectivity index (χ0v) is 14.8. The zero-order valence-electron chi connectivity index (χ0n) is 14.8. The van der Waals surface area contributed by atoms with Crippen molar-refractivity contribution in [3.05, 3.63) is 48.1 Å². The van der Waals surface area contributed by atoms with Gasteiger partial charge in [0.1, 0.15) is 5.82 Å². The van der Waals surface area contributed by atoms with Gasteiger partial charge >= 0.3 is 11.8 Å². The Hall–Kier alpha value is -3.62. The van der Waals surface area contributed by atoms with Gasteiger partial charge in [-0.25, -0.2) is 4.39 Å². The second-order valence-corrected chi connectivity index (χ2v) is 5.29. The minimum atomic E-state index is -0.620. The standard InChI is InChI=1S/C18H16FN3O5/c1-24-13-8-12(9-14(25-2)15(13)26-3)20-16(23)18-22-21-17(27-18)10-4-6-11(19)7-5-10/h4-9H,1-3H3,(H,20,23). The molecule has 0 spiro atoms. The third kappa shape index (κ3) is 3.81. The molecule has 3 aromatic rings. The molecule has 1 aromatic heterocycles. The molecule has 0 fully saturated rings. The van der Waals surface area contributed by atoms with Crippen molar-refractivity contribution in [2.45, 2.75) is 0 Å². The molecule has 27 heavy (non-hydrogen) atoms. The number of hydrogen-bond donors (Lipinski definition) is 1. The molecule has 0 saturated carbocycles. The molecule has 0 unspecified atom stereocenters. The van der Waals surface area contributed by atoms with Crippen LogP contribution in [0.15, 0.2) is 40.8 Å². The fourth-order valence-electron chi connectivity index (χ4n) is 2.36. The molecule has 0 aliphatic heterocycles. The molecule has 140 valence electrons. The van der Waals surface area contributed by atoms with E-state index < -0.39 is 11.7 Å². The van der Waals surface area contributed by atoms with Crippen molar-refractivity contribution in [1.82, 2.24) is 10.2 Å². The van der Waals surface area contributed by atoms with Crippen molar-refractivity contribution >= 4 is 11.6 Å². The maximum Gasteiger partial charge on any atom is 0.313 e. The van der Waals surface area contributed by atoms with E-state index in [1.54, 1.807) is 12.1 Å². The number of methoxy groups -OCH3 is 3. The second kappa shape index (κ2) is 7.73. The fourth-order valence-corrected chi connectivity index (χ4v) is 2.36. The predicted octanol–water partition coefficient (Wildman–Crippen LogP) is 3.15. The second-order valence-electron chi connectivity index (χ2n) is 5.29. The van der Waals surface area contributed by atoms with Crippen LogP contribution in [0.5, 0.6) is 17.2 Å². The average molecular weight is 373 g/mol. The summed E-state index contributed by atoms with van der Waals surface area (Å²) < 4.78 is 34.1. The molecule has 3 rings (SSSR count). The predicted molar refractivity (Wildman–Crippen MR) is 93.7 cm³/mol. The van der Waals surface area contributed by atoms with E-state index in [1.807, 2.05) is 0 Å². The molecule has 0 aliphatic carbocycles. The number of nitrogens with one attached hydrogen (secondary N) is 1. The summed E-state index contributed by atoms with van der Waals surface area (Å²) >= 11 is 0. The van der Waals surface area contributed by atoms with Crippen molar-refractivity contribution in [3.8, 4) is 28.7 Å². The number of ether oxygens (including phenoxy) is 3. The SMILES string of the molecule is COc1cc(NC(=O)c2nnc(-c3ccc(F)cc3)o2)cc(OC)c1OC. The van der Waals surface area contributed by atoms with E-state index in [1.165, 1.54) is 45.6 Å². The van der Waals surface area contributed by atoms with Crippen molar-refractivity contribution in [2.75, 3.05) is 26.6 Å². The van der Waals surface area contributed by atoms with E-state index >= 15 is 0 Å². The number of benzene rings is 2. The number of halogens is 1. The van der Waals surface area contributed by atoms with Crippen LogP contribution in [0.4, 0.5) is 10.1 Å². The van der Waals surface area contributed by atoms with Crippen LogP contribution in [0.3, 0.4) is 0 Å². The van der Waals surface area contributed by atoms with Gasteiger partial charge < -0.3 is 23.9 Å². The fraction of sp³-hybridized carbons (Fsp3) is 0.167. The summed E-state index contributed by atoms with van der Waals surface area (Å²) in [5.41, 5.74) is 0.881. The van der Waals surface area contributed by atoms with Gasteiger partial charge in [0, 0.05) is 23.4 Å². The first kappa shape index (κ1) is 18.2. The lowest BCUT2D eigenvalue weighted by molar-refractivity contribution is 0.0991. The molecule has 0 bridgehead atoms. The minimum Gasteiger partial charge on any atom is -0.493 e. The van der Waals surface area contributed by atoms with E-state index in [0.29, 0.717) is 28.5 Å². The Balaban J connectivity index is 1.82. The summed E-state index contributed by atoms with van der Waals surface area (Å²) in [5, 5.41) is 10.1. The van der Waals surface area contributed by atoms with Gasteiger partial charge in [-0.1, -0.05) is 0 Å². The quantitative estimate of drug-likeness (QED) is 0.709. The molecule has 0 saturated heterocycles. The molecule has 1 N–H and O–H groups in total. The first-order chi connectivity index (χ1) is 13.0. The Bertz CT molecular complexity index is 931. The molecule has 8 nitrogen and oxygen atoms in total. The molecule has 9 heteroatoms. The topological polar surface area (TPSA) is 95.7 Å². The first-order valence-electron chi connectivity index (χ1n) is 7.76. The zero-order chi connectivity index (χ0) is 19.4. The van der Waals surface area contributed by atoms with Gasteiger partial charge in [0.15, 0.2) is 11.5 Å². The Morgan fingerprint density at radius 3 is 2.19 bits per heavy atom. The van der Waals surface area contributed by atoms with Crippen LogP contribution in [0, 0.1) is 5.82 Å². The van der Waals surface area contributed by atoms with Crippen molar-refractivity contribution in [1.29, 1.82) is 0 Å². The van der Waals surface area contributed by atoms with Crippen LogP contribution in [0.25, 0.3) is 11.5 Å². The van der Waals surface area contributed by atoms with Crippen LogP contribution in [0.1, 0.15) is 10.7 Å². The highest BCUT2D eigenvalue weighted by Crippen LogP contribution is 2.40. The van der Waals surface area contributed by atoms with Gasteiger partial charge in [-0.3, -0.25) is 4.79 Å². The van der Waals surface area contributed by atoms with Crippen LogP contribution >= 0.6 is 0 Å². The highest BCUT2D eigenvalue weighted by Gasteiger charge is 2.19. The largest absolute Gasteiger partial charge is 0.493 e.